The Balaban J connectivity index is 1.46. The van der Waals surface area contributed by atoms with Crippen LogP contribution in [0.5, 0.6) is 5.75 Å². The molecule has 1 N–H and O–H groups in total. The SMILES string of the molecule is CCC(NCc1ccc(-n2ccnc2)c(F)c1)c1ccc2c(c1)CCO2. The number of fused-ring (bicyclic) bond motifs is 1. The van der Waals surface area contributed by atoms with Crippen LogP contribution in [0.1, 0.15) is 36.1 Å². The quantitative estimate of drug-likeness (QED) is 0.724. The zero-order valence-electron chi connectivity index (χ0n) is 14.8. The van der Waals surface area contributed by atoms with Crippen LogP contribution in [-0.2, 0) is 13.0 Å². The van der Waals surface area contributed by atoms with Gasteiger partial charge in [-0.25, -0.2) is 9.37 Å². The summed E-state index contributed by atoms with van der Waals surface area (Å²) in [6, 6.07) is 12.0. The molecule has 0 fully saturated rings. The van der Waals surface area contributed by atoms with Crippen molar-refractivity contribution >= 4 is 0 Å². The minimum absolute atomic E-state index is 0.234. The molecule has 0 amide bonds. The Kier molecular flexibility index (Phi) is 4.71. The molecule has 2 aromatic carbocycles. The van der Waals surface area contributed by atoms with Crippen LogP contribution in [0.2, 0.25) is 0 Å². The van der Waals surface area contributed by atoms with Gasteiger partial charge in [-0.3, -0.25) is 0 Å². The Morgan fingerprint density at radius 1 is 1.27 bits per heavy atom. The van der Waals surface area contributed by atoms with Gasteiger partial charge in [0.1, 0.15) is 11.6 Å². The highest BCUT2D eigenvalue weighted by molar-refractivity contribution is 5.41. The fourth-order valence-electron chi connectivity index (χ4n) is 3.43. The van der Waals surface area contributed by atoms with Gasteiger partial charge in [-0.2, -0.15) is 0 Å². The Bertz CT molecular complexity index is 892. The third-order valence-electron chi connectivity index (χ3n) is 4.87. The van der Waals surface area contributed by atoms with Gasteiger partial charge in [-0.15, -0.1) is 0 Å². The number of aromatic nitrogens is 2. The predicted octanol–water partition coefficient (Wildman–Crippen LogP) is 4.19. The lowest BCUT2D eigenvalue weighted by Crippen LogP contribution is -2.20. The van der Waals surface area contributed by atoms with E-state index in [4.69, 9.17) is 4.74 Å². The van der Waals surface area contributed by atoms with Crippen LogP contribution in [-0.4, -0.2) is 16.2 Å². The molecule has 0 aliphatic carbocycles. The molecule has 0 saturated carbocycles. The summed E-state index contributed by atoms with van der Waals surface area (Å²) in [5.74, 6) is 0.755. The topological polar surface area (TPSA) is 39.1 Å². The summed E-state index contributed by atoms with van der Waals surface area (Å²) < 4.78 is 21.7. The average Bonchev–Trinajstić information content (AvgIpc) is 3.33. The molecule has 3 aromatic rings. The molecule has 0 radical (unpaired) electrons. The molecule has 0 bridgehead atoms. The molecule has 4 nitrogen and oxygen atoms in total. The van der Waals surface area contributed by atoms with Gasteiger partial charge in [0.2, 0.25) is 0 Å². The van der Waals surface area contributed by atoms with Crippen molar-refractivity contribution in [2.24, 2.45) is 0 Å². The Morgan fingerprint density at radius 2 is 2.19 bits per heavy atom. The van der Waals surface area contributed by atoms with E-state index in [1.54, 1.807) is 35.4 Å². The number of imidazole rings is 1. The van der Waals surface area contributed by atoms with E-state index < -0.39 is 0 Å². The van der Waals surface area contributed by atoms with Crippen LogP contribution in [0.25, 0.3) is 5.69 Å². The van der Waals surface area contributed by atoms with Crippen molar-refractivity contribution in [3.8, 4) is 11.4 Å². The summed E-state index contributed by atoms with van der Waals surface area (Å²) >= 11 is 0. The standard InChI is InChI=1S/C21H22FN3O/c1-2-19(16-4-6-21-17(12-16)7-10-26-21)24-13-15-3-5-20(18(22)11-15)25-9-8-23-14-25/h3-6,8-9,11-12,14,19,24H,2,7,10,13H2,1H3. The van der Waals surface area contributed by atoms with Gasteiger partial charge in [0.25, 0.3) is 0 Å². The molecule has 134 valence electrons. The minimum Gasteiger partial charge on any atom is -0.493 e. The highest BCUT2D eigenvalue weighted by atomic mass is 19.1. The van der Waals surface area contributed by atoms with E-state index in [-0.39, 0.29) is 11.9 Å². The second kappa shape index (κ2) is 7.30. The second-order valence-corrected chi connectivity index (χ2v) is 6.56. The second-order valence-electron chi connectivity index (χ2n) is 6.56. The molecule has 1 aromatic heterocycles. The molecule has 1 aliphatic rings. The van der Waals surface area contributed by atoms with Gasteiger partial charge < -0.3 is 14.6 Å². The smallest absolute Gasteiger partial charge is 0.147 e. The summed E-state index contributed by atoms with van der Waals surface area (Å²) in [4.78, 5) is 3.97. The highest BCUT2D eigenvalue weighted by Crippen LogP contribution is 2.29. The van der Waals surface area contributed by atoms with Crippen molar-refractivity contribution in [1.29, 1.82) is 0 Å². The van der Waals surface area contributed by atoms with Crippen molar-refractivity contribution in [3.63, 3.8) is 0 Å². The first-order valence-electron chi connectivity index (χ1n) is 9.00. The van der Waals surface area contributed by atoms with Crippen molar-refractivity contribution in [2.45, 2.75) is 32.4 Å². The van der Waals surface area contributed by atoms with Crippen LogP contribution >= 0.6 is 0 Å². The van der Waals surface area contributed by atoms with Crippen LogP contribution in [0, 0.1) is 5.82 Å². The molecule has 2 heterocycles. The van der Waals surface area contributed by atoms with Crippen molar-refractivity contribution in [1.82, 2.24) is 14.9 Å². The fraction of sp³-hybridized carbons (Fsp3) is 0.286. The lowest BCUT2D eigenvalue weighted by molar-refractivity contribution is 0.356. The van der Waals surface area contributed by atoms with E-state index in [1.807, 2.05) is 6.07 Å². The summed E-state index contributed by atoms with van der Waals surface area (Å²) in [6.07, 6.45) is 6.92. The highest BCUT2D eigenvalue weighted by Gasteiger charge is 2.16. The zero-order valence-corrected chi connectivity index (χ0v) is 14.8. The van der Waals surface area contributed by atoms with Gasteiger partial charge in [-0.05, 0) is 41.3 Å². The van der Waals surface area contributed by atoms with Crippen LogP contribution in [0.15, 0.2) is 55.1 Å². The lowest BCUT2D eigenvalue weighted by atomic mass is 10.0. The number of nitrogens with zero attached hydrogens (tertiary/aromatic N) is 2. The third-order valence-corrected chi connectivity index (χ3v) is 4.87. The zero-order chi connectivity index (χ0) is 17.9. The maximum Gasteiger partial charge on any atom is 0.147 e. The van der Waals surface area contributed by atoms with E-state index in [2.05, 4.69) is 35.4 Å². The number of benzene rings is 2. The number of hydrogen-bond donors (Lipinski definition) is 1. The van der Waals surface area contributed by atoms with E-state index in [1.165, 1.54) is 11.1 Å². The van der Waals surface area contributed by atoms with Crippen molar-refractivity contribution in [2.75, 3.05) is 6.61 Å². The minimum atomic E-state index is -0.245. The van der Waals surface area contributed by atoms with E-state index in [9.17, 15) is 4.39 Å². The number of nitrogens with one attached hydrogen (secondary N) is 1. The summed E-state index contributed by atoms with van der Waals surface area (Å²) in [5.41, 5.74) is 3.97. The van der Waals surface area contributed by atoms with Gasteiger partial charge in [0.15, 0.2) is 0 Å². The lowest BCUT2D eigenvalue weighted by Gasteiger charge is -2.18. The summed E-state index contributed by atoms with van der Waals surface area (Å²) in [6.45, 7) is 3.54. The first kappa shape index (κ1) is 16.8. The predicted molar refractivity (Wildman–Crippen MR) is 99.0 cm³/mol. The first-order valence-corrected chi connectivity index (χ1v) is 9.00. The Labute approximate surface area is 152 Å². The van der Waals surface area contributed by atoms with Gasteiger partial charge in [0.05, 0.1) is 18.6 Å². The Hall–Kier alpha value is -2.66. The monoisotopic (exact) mass is 351 g/mol. The molecule has 0 saturated heterocycles. The van der Waals surface area contributed by atoms with Crippen LogP contribution in [0.4, 0.5) is 4.39 Å². The fourth-order valence-corrected chi connectivity index (χ4v) is 3.43. The molecule has 1 unspecified atom stereocenters. The number of rotatable bonds is 6. The molecule has 1 atom stereocenters. The van der Waals surface area contributed by atoms with Crippen LogP contribution < -0.4 is 10.1 Å². The Morgan fingerprint density at radius 3 is 2.96 bits per heavy atom. The van der Waals surface area contributed by atoms with Gasteiger partial charge >= 0.3 is 0 Å². The maximum atomic E-state index is 14.4. The van der Waals surface area contributed by atoms with Crippen molar-refractivity contribution in [3.05, 3.63) is 77.6 Å². The molecular formula is C21H22FN3O. The number of hydrogen-bond acceptors (Lipinski definition) is 3. The molecule has 26 heavy (non-hydrogen) atoms. The average molecular weight is 351 g/mol. The van der Waals surface area contributed by atoms with Crippen molar-refractivity contribution < 1.29 is 9.13 Å². The van der Waals surface area contributed by atoms with Gasteiger partial charge in [0, 0.05) is 31.4 Å². The molecule has 1 aliphatic heterocycles. The molecule has 4 rings (SSSR count). The molecule has 5 heteroatoms. The summed E-state index contributed by atoms with van der Waals surface area (Å²) in [5, 5.41) is 3.55. The normalized spacial score (nSPS) is 14.1. The molecule has 0 spiro atoms. The van der Waals surface area contributed by atoms with E-state index in [0.717, 1.165) is 30.8 Å². The summed E-state index contributed by atoms with van der Waals surface area (Å²) in [7, 11) is 0. The van der Waals surface area contributed by atoms with E-state index in [0.29, 0.717) is 12.2 Å². The third kappa shape index (κ3) is 3.35. The van der Waals surface area contributed by atoms with Crippen LogP contribution in [0.3, 0.4) is 0 Å². The number of ether oxygens (including phenoxy) is 1. The molecular weight excluding hydrogens is 329 g/mol. The number of halogens is 1. The largest absolute Gasteiger partial charge is 0.493 e. The maximum absolute atomic E-state index is 14.4. The van der Waals surface area contributed by atoms with Gasteiger partial charge in [-0.1, -0.05) is 25.1 Å². The first-order chi connectivity index (χ1) is 12.7. The van der Waals surface area contributed by atoms with E-state index >= 15 is 0 Å².